The van der Waals surface area contributed by atoms with Crippen molar-refractivity contribution in [3.63, 3.8) is 0 Å². The van der Waals surface area contributed by atoms with Gasteiger partial charge in [0.1, 0.15) is 17.1 Å². The summed E-state index contributed by atoms with van der Waals surface area (Å²) < 4.78 is 1.61. The zero-order valence-corrected chi connectivity index (χ0v) is 8.83. The number of carbonyl (C=O) groups is 2. The van der Waals surface area contributed by atoms with Crippen molar-refractivity contribution in [1.82, 2.24) is 9.55 Å². The molecule has 0 fully saturated rings. The van der Waals surface area contributed by atoms with Crippen molar-refractivity contribution in [1.29, 1.82) is 0 Å². The van der Waals surface area contributed by atoms with Crippen molar-refractivity contribution >= 4 is 27.5 Å². The number of fused-ring (bicyclic) bond motifs is 1. The Labute approximate surface area is 87.7 Å². The Hall–Kier alpha value is -1.43. The lowest BCUT2D eigenvalue weighted by Crippen LogP contribution is -2.25. The van der Waals surface area contributed by atoms with Crippen molar-refractivity contribution in [2.24, 2.45) is 12.8 Å². The number of nitrogens with zero attached hydrogens (tertiary/aromatic N) is 2. The number of Topliss-reactive ketones (excluding diaryl/α,β-unsaturated/α-hetero) is 2. The van der Waals surface area contributed by atoms with Gasteiger partial charge in [0, 0.05) is 7.05 Å². The number of imidazole rings is 1. The molecular weight excluding hydrogens is 250 g/mol. The van der Waals surface area contributed by atoms with Gasteiger partial charge in [0.05, 0.1) is 10.8 Å². The van der Waals surface area contributed by atoms with Crippen molar-refractivity contribution < 1.29 is 9.59 Å². The van der Waals surface area contributed by atoms with E-state index in [-0.39, 0.29) is 27.4 Å². The van der Waals surface area contributed by atoms with Gasteiger partial charge in [-0.1, -0.05) is 0 Å². The largest absolute Gasteiger partial charge is 0.394 e. The van der Waals surface area contributed by atoms with Crippen LogP contribution in [0.5, 0.6) is 0 Å². The molecule has 5 nitrogen and oxygen atoms in total. The highest BCUT2D eigenvalue weighted by molar-refractivity contribution is 9.12. The molecule has 72 valence electrons. The maximum Gasteiger partial charge on any atom is 0.230 e. The van der Waals surface area contributed by atoms with Crippen LogP contribution in [-0.2, 0) is 7.05 Å². The minimum Gasteiger partial charge on any atom is -0.394 e. The second kappa shape index (κ2) is 2.78. The van der Waals surface area contributed by atoms with Crippen LogP contribution in [0.15, 0.2) is 16.5 Å². The molecule has 0 atom stereocenters. The van der Waals surface area contributed by atoms with E-state index < -0.39 is 5.78 Å². The third-order valence-electron chi connectivity index (χ3n) is 2.05. The quantitative estimate of drug-likeness (QED) is 0.727. The highest BCUT2D eigenvalue weighted by Gasteiger charge is 2.33. The molecule has 0 saturated carbocycles. The number of carbonyl (C=O) groups excluding carboxylic acids is 2. The summed E-state index contributed by atoms with van der Waals surface area (Å²) in [6, 6.07) is 0. The molecule has 6 heteroatoms. The summed E-state index contributed by atoms with van der Waals surface area (Å²) in [5, 5.41) is 0. The average Bonchev–Trinajstić information content (AvgIpc) is 2.54. The van der Waals surface area contributed by atoms with Gasteiger partial charge in [0.25, 0.3) is 0 Å². The lowest BCUT2D eigenvalue weighted by atomic mass is 10.0. The normalized spacial score (nSPS) is 16.1. The van der Waals surface area contributed by atoms with Crippen molar-refractivity contribution in [2.45, 2.75) is 0 Å². The van der Waals surface area contributed by atoms with Crippen molar-refractivity contribution in [3.8, 4) is 0 Å². The number of ketones is 2. The van der Waals surface area contributed by atoms with Gasteiger partial charge < -0.3 is 10.3 Å². The molecule has 1 aromatic rings. The number of aromatic nitrogens is 2. The van der Waals surface area contributed by atoms with Crippen molar-refractivity contribution in [2.75, 3.05) is 0 Å². The lowest BCUT2D eigenvalue weighted by molar-refractivity contribution is 0.0973. The number of rotatable bonds is 0. The first-order valence-corrected chi connectivity index (χ1v) is 4.59. The van der Waals surface area contributed by atoms with E-state index >= 15 is 0 Å². The van der Waals surface area contributed by atoms with Gasteiger partial charge >= 0.3 is 0 Å². The summed E-state index contributed by atoms with van der Waals surface area (Å²) in [6.07, 6.45) is 1.42. The SMILES string of the molecule is Cn1cnc2c1C(=O)C(Br)=C(N)C2=O. The molecule has 1 aliphatic carbocycles. The fourth-order valence-corrected chi connectivity index (χ4v) is 1.69. The van der Waals surface area contributed by atoms with E-state index in [2.05, 4.69) is 20.9 Å². The molecule has 0 aromatic carbocycles. The Morgan fingerprint density at radius 1 is 1.43 bits per heavy atom. The maximum atomic E-state index is 11.7. The molecule has 0 spiro atoms. The molecule has 14 heavy (non-hydrogen) atoms. The second-order valence-corrected chi connectivity index (χ2v) is 3.73. The number of allylic oxidation sites excluding steroid dienone is 2. The molecule has 2 rings (SSSR count). The Morgan fingerprint density at radius 2 is 2.07 bits per heavy atom. The van der Waals surface area contributed by atoms with E-state index in [0.717, 1.165) is 0 Å². The van der Waals surface area contributed by atoms with Crippen LogP contribution < -0.4 is 5.73 Å². The summed E-state index contributed by atoms with van der Waals surface area (Å²) in [6.45, 7) is 0. The van der Waals surface area contributed by atoms with E-state index in [1.807, 2.05) is 0 Å². The molecular formula is C8H6BrN3O2. The Morgan fingerprint density at radius 3 is 2.71 bits per heavy atom. The van der Waals surface area contributed by atoms with Gasteiger partial charge in [0.15, 0.2) is 0 Å². The average molecular weight is 256 g/mol. The predicted molar refractivity (Wildman–Crippen MR) is 52.0 cm³/mol. The maximum absolute atomic E-state index is 11.7. The smallest absolute Gasteiger partial charge is 0.230 e. The van der Waals surface area contributed by atoms with E-state index in [1.165, 1.54) is 10.9 Å². The van der Waals surface area contributed by atoms with Crippen LogP contribution in [0.3, 0.4) is 0 Å². The number of aryl methyl sites for hydroxylation is 1. The Balaban J connectivity index is 2.75. The zero-order valence-electron chi connectivity index (χ0n) is 7.24. The molecule has 0 unspecified atom stereocenters. The van der Waals surface area contributed by atoms with Crippen LogP contribution >= 0.6 is 15.9 Å². The summed E-state index contributed by atoms with van der Waals surface area (Å²) in [7, 11) is 1.65. The first-order valence-electron chi connectivity index (χ1n) is 3.80. The first-order chi connectivity index (χ1) is 6.54. The molecule has 2 N–H and O–H groups in total. The monoisotopic (exact) mass is 255 g/mol. The first kappa shape index (κ1) is 9.14. The van der Waals surface area contributed by atoms with Crippen LogP contribution in [0, 0.1) is 0 Å². The molecule has 0 aliphatic heterocycles. The highest BCUT2D eigenvalue weighted by atomic mass is 79.9. The fourth-order valence-electron chi connectivity index (χ4n) is 1.32. The van der Waals surface area contributed by atoms with Gasteiger partial charge in [-0.05, 0) is 15.9 Å². The van der Waals surface area contributed by atoms with Crippen LogP contribution in [0.25, 0.3) is 0 Å². The highest BCUT2D eigenvalue weighted by Crippen LogP contribution is 2.25. The molecule has 0 bridgehead atoms. The zero-order chi connectivity index (χ0) is 10.5. The molecule has 1 aliphatic rings. The van der Waals surface area contributed by atoms with Gasteiger partial charge in [-0.2, -0.15) is 0 Å². The van der Waals surface area contributed by atoms with E-state index in [9.17, 15) is 9.59 Å². The van der Waals surface area contributed by atoms with Crippen LogP contribution in [-0.4, -0.2) is 21.1 Å². The number of hydrogen-bond donors (Lipinski definition) is 1. The van der Waals surface area contributed by atoms with Gasteiger partial charge in [-0.15, -0.1) is 0 Å². The van der Waals surface area contributed by atoms with E-state index in [4.69, 9.17) is 5.73 Å². The van der Waals surface area contributed by atoms with Gasteiger partial charge in [-0.25, -0.2) is 4.98 Å². The molecule has 0 saturated heterocycles. The Kier molecular flexibility index (Phi) is 1.81. The standard InChI is InChI=1S/C8H6BrN3O2/c1-12-2-11-5-6(12)7(13)3(9)4(10)8(5)14/h2H,10H2,1H3. The molecule has 0 radical (unpaired) electrons. The molecule has 0 amide bonds. The molecule has 1 heterocycles. The van der Waals surface area contributed by atoms with Gasteiger partial charge in [-0.3, -0.25) is 9.59 Å². The minimum atomic E-state index is -0.410. The van der Waals surface area contributed by atoms with Gasteiger partial charge in [0.2, 0.25) is 11.6 Å². The topological polar surface area (TPSA) is 78.0 Å². The number of hydrogen-bond acceptors (Lipinski definition) is 4. The number of nitrogens with two attached hydrogens (primary N) is 1. The van der Waals surface area contributed by atoms with Crippen molar-refractivity contribution in [3.05, 3.63) is 27.9 Å². The van der Waals surface area contributed by atoms with E-state index in [1.54, 1.807) is 7.05 Å². The minimum absolute atomic E-state index is 0.0822. The summed E-state index contributed by atoms with van der Waals surface area (Å²) in [5.41, 5.74) is 5.76. The summed E-state index contributed by atoms with van der Waals surface area (Å²) in [5.74, 6) is -0.718. The lowest BCUT2D eigenvalue weighted by Gasteiger charge is -2.11. The number of halogens is 1. The predicted octanol–water partition coefficient (Wildman–Crippen LogP) is 0.364. The van der Waals surface area contributed by atoms with E-state index in [0.29, 0.717) is 0 Å². The summed E-state index contributed by atoms with van der Waals surface area (Å²) >= 11 is 2.99. The molecule has 1 aromatic heterocycles. The fraction of sp³-hybridized carbons (Fsp3) is 0.125. The van der Waals surface area contributed by atoms with Crippen LogP contribution in [0.4, 0.5) is 0 Å². The van der Waals surface area contributed by atoms with Crippen LogP contribution in [0.2, 0.25) is 0 Å². The summed E-state index contributed by atoms with van der Waals surface area (Å²) in [4.78, 5) is 27.0. The Bertz CT molecular complexity index is 487. The third kappa shape index (κ3) is 0.971. The second-order valence-electron chi connectivity index (χ2n) is 2.94. The third-order valence-corrected chi connectivity index (χ3v) is 2.83. The van der Waals surface area contributed by atoms with Crippen LogP contribution in [0.1, 0.15) is 21.0 Å².